The molecule has 1 aromatic carbocycles. The summed E-state index contributed by atoms with van der Waals surface area (Å²) in [5.41, 5.74) is -2.89. The lowest BCUT2D eigenvalue weighted by Gasteiger charge is -2.26. The Morgan fingerprint density at radius 3 is 2.19 bits per heavy atom. The molecule has 0 bridgehead atoms. The summed E-state index contributed by atoms with van der Waals surface area (Å²) in [6, 6.07) is 2.10. The van der Waals surface area contributed by atoms with Crippen molar-refractivity contribution in [3.05, 3.63) is 28.8 Å². The van der Waals surface area contributed by atoms with Gasteiger partial charge < -0.3 is 10.2 Å². The van der Waals surface area contributed by atoms with E-state index in [2.05, 4.69) is 0 Å². The van der Waals surface area contributed by atoms with E-state index in [0.717, 1.165) is 12.1 Å². The third kappa shape index (κ3) is 4.30. The third-order valence-electron chi connectivity index (χ3n) is 2.63. The van der Waals surface area contributed by atoms with E-state index in [0.29, 0.717) is 6.07 Å². The van der Waals surface area contributed by atoms with Gasteiger partial charge in [-0.25, -0.2) is 13.1 Å². The van der Waals surface area contributed by atoms with E-state index in [1.807, 2.05) is 4.72 Å². The van der Waals surface area contributed by atoms with Gasteiger partial charge in [0.15, 0.2) is 0 Å². The molecule has 120 valence electrons. The maximum atomic E-state index is 12.7. The zero-order chi connectivity index (χ0) is 16.5. The number of halogens is 4. The molecule has 3 N–H and O–H groups in total. The zero-order valence-electron chi connectivity index (χ0n) is 10.8. The second kappa shape index (κ2) is 6.09. The van der Waals surface area contributed by atoms with E-state index in [1.165, 1.54) is 6.92 Å². The fraction of sp³-hybridized carbons (Fsp3) is 0.455. The van der Waals surface area contributed by atoms with Crippen LogP contribution in [0.3, 0.4) is 0 Å². The number of aliphatic hydroxyl groups excluding tert-OH is 2. The molecule has 10 heteroatoms. The smallest absolute Gasteiger partial charge is 0.394 e. The number of aliphatic hydroxyl groups is 2. The number of hydrogen-bond donors (Lipinski definition) is 3. The minimum atomic E-state index is -4.81. The van der Waals surface area contributed by atoms with Crippen molar-refractivity contribution in [2.75, 3.05) is 13.2 Å². The molecule has 1 rings (SSSR count). The van der Waals surface area contributed by atoms with Crippen molar-refractivity contribution in [2.24, 2.45) is 0 Å². The van der Waals surface area contributed by atoms with Crippen LogP contribution in [0.25, 0.3) is 0 Å². The van der Waals surface area contributed by atoms with Gasteiger partial charge in [-0.05, 0) is 25.1 Å². The zero-order valence-corrected chi connectivity index (χ0v) is 12.3. The second-order valence-electron chi connectivity index (χ2n) is 4.62. The molecule has 0 aliphatic rings. The van der Waals surface area contributed by atoms with Crippen LogP contribution in [-0.2, 0) is 16.2 Å². The first-order valence-electron chi connectivity index (χ1n) is 5.58. The molecule has 0 heterocycles. The SMILES string of the molecule is CC(CO)(CO)NS(=O)(=O)c1ccc(Cl)c(C(F)(F)F)c1. The van der Waals surface area contributed by atoms with Crippen molar-refractivity contribution in [2.45, 2.75) is 23.5 Å². The molecule has 0 aromatic heterocycles. The largest absolute Gasteiger partial charge is 0.417 e. The van der Waals surface area contributed by atoms with E-state index in [4.69, 9.17) is 21.8 Å². The quantitative estimate of drug-likeness (QED) is 0.751. The monoisotopic (exact) mass is 347 g/mol. The van der Waals surface area contributed by atoms with Gasteiger partial charge in [-0.1, -0.05) is 11.6 Å². The van der Waals surface area contributed by atoms with Gasteiger partial charge >= 0.3 is 6.18 Å². The van der Waals surface area contributed by atoms with Crippen molar-refractivity contribution in [1.29, 1.82) is 0 Å². The van der Waals surface area contributed by atoms with E-state index < -0.39 is 50.4 Å². The highest BCUT2D eigenvalue weighted by Crippen LogP contribution is 2.36. The lowest BCUT2D eigenvalue weighted by Crippen LogP contribution is -2.51. The summed E-state index contributed by atoms with van der Waals surface area (Å²) in [5, 5.41) is 17.4. The molecule has 0 aliphatic carbocycles. The van der Waals surface area contributed by atoms with Crippen LogP contribution in [0.1, 0.15) is 12.5 Å². The molecule has 5 nitrogen and oxygen atoms in total. The predicted octanol–water partition coefficient (Wildman–Crippen LogP) is 1.38. The van der Waals surface area contributed by atoms with Gasteiger partial charge in [-0.15, -0.1) is 0 Å². The van der Waals surface area contributed by atoms with E-state index in [1.54, 1.807) is 0 Å². The molecule has 1 aromatic rings. The Hall–Kier alpha value is -0.870. The van der Waals surface area contributed by atoms with Crippen LogP contribution in [-0.4, -0.2) is 37.4 Å². The van der Waals surface area contributed by atoms with Crippen molar-refractivity contribution in [3.8, 4) is 0 Å². The fourth-order valence-corrected chi connectivity index (χ4v) is 3.03. The van der Waals surface area contributed by atoms with Crippen molar-refractivity contribution in [3.63, 3.8) is 0 Å². The lowest BCUT2D eigenvalue weighted by atomic mass is 10.1. The van der Waals surface area contributed by atoms with Gasteiger partial charge in [-0.3, -0.25) is 0 Å². The molecule has 0 atom stereocenters. The number of nitrogens with one attached hydrogen (secondary N) is 1. The number of rotatable bonds is 5. The Bertz CT molecular complexity index is 614. The number of sulfonamides is 1. The molecule has 0 aliphatic heterocycles. The molecule has 0 spiro atoms. The van der Waals surface area contributed by atoms with E-state index >= 15 is 0 Å². The van der Waals surface area contributed by atoms with E-state index in [-0.39, 0.29) is 0 Å². The highest BCUT2D eigenvalue weighted by Gasteiger charge is 2.36. The minimum Gasteiger partial charge on any atom is -0.394 e. The summed E-state index contributed by atoms with van der Waals surface area (Å²) in [7, 11) is -4.37. The molecule has 0 saturated heterocycles. The number of hydrogen-bond acceptors (Lipinski definition) is 4. The number of alkyl halides is 3. The number of benzene rings is 1. The van der Waals surface area contributed by atoms with Gasteiger partial charge in [0.25, 0.3) is 0 Å². The highest BCUT2D eigenvalue weighted by atomic mass is 35.5. The topological polar surface area (TPSA) is 86.6 Å². The molecular weight excluding hydrogens is 335 g/mol. The first kappa shape index (κ1) is 18.2. The first-order valence-corrected chi connectivity index (χ1v) is 7.44. The Balaban J connectivity index is 3.28. The molecular formula is C11H13ClF3NO4S. The Labute approximate surface area is 124 Å². The average Bonchev–Trinajstić information content (AvgIpc) is 2.37. The first-order chi connectivity index (χ1) is 9.45. The summed E-state index contributed by atoms with van der Waals surface area (Å²) in [4.78, 5) is -0.674. The van der Waals surface area contributed by atoms with Crippen LogP contribution in [0.4, 0.5) is 13.2 Å². The van der Waals surface area contributed by atoms with Crippen LogP contribution < -0.4 is 4.72 Å². The van der Waals surface area contributed by atoms with Crippen molar-refractivity contribution >= 4 is 21.6 Å². The normalized spacial score (nSPS) is 13.5. The third-order valence-corrected chi connectivity index (χ3v) is 4.60. The van der Waals surface area contributed by atoms with Gasteiger partial charge in [0.1, 0.15) is 0 Å². The summed E-state index contributed by atoms with van der Waals surface area (Å²) in [6.07, 6.45) is -4.81. The molecule has 0 radical (unpaired) electrons. The maximum absolute atomic E-state index is 12.7. The summed E-state index contributed by atoms with van der Waals surface area (Å²) in [6.45, 7) is -0.268. The van der Waals surface area contributed by atoms with Crippen molar-refractivity contribution < 1.29 is 31.8 Å². The summed E-state index contributed by atoms with van der Waals surface area (Å²) >= 11 is 5.40. The molecule has 0 amide bonds. The lowest BCUT2D eigenvalue weighted by molar-refractivity contribution is -0.137. The summed E-state index contributed by atoms with van der Waals surface area (Å²) in [5.74, 6) is 0. The molecule has 21 heavy (non-hydrogen) atoms. The summed E-state index contributed by atoms with van der Waals surface area (Å²) < 4.78 is 64.1. The Kier molecular flexibility index (Phi) is 5.27. The second-order valence-corrected chi connectivity index (χ2v) is 6.71. The molecule has 0 saturated carbocycles. The van der Waals surface area contributed by atoms with Crippen LogP contribution in [0.2, 0.25) is 5.02 Å². The average molecular weight is 348 g/mol. The van der Waals surface area contributed by atoms with Crippen LogP contribution in [0, 0.1) is 0 Å². The van der Waals surface area contributed by atoms with Crippen LogP contribution >= 0.6 is 11.6 Å². The highest BCUT2D eigenvalue weighted by molar-refractivity contribution is 7.89. The van der Waals surface area contributed by atoms with Gasteiger partial charge in [0.05, 0.1) is 34.2 Å². The fourth-order valence-electron chi connectivity index (χ4n) is 1.39. The predicted molar refractivity (Wildman–Crippen MR) is 69.4 cm³/mol. The van der Waals surface area contributed by atoms with Gasteiger partial charge in [-0.2, -0.15) is 13.2 Å². The Morgan fingerprint density at radius 1 is 1.24 bits per heavy atom. The maximum Gasteiger partial charge on any atom is 0.417 e. The van der Waals surface area contributed by atoms with Gasteiger partial charge in [0, 0.05) is 0 Å². The minimum absolute atomic E-state index is 0.389. The van der Waals surface area contributed by atoms with Gasteiger partial charge in [0.2, 0.25) is 10.0 Å². The van der Waals surface area contributed by atoms with Crippen LogP contribution in [0.5, 0.6) is 0 Å². The molecule has 0 unspecified atom stereocenters. The molecule has 0 fully saturated rings. The van der Waals surface area contributed by atoms with Crippen LogP contribution in [0.15, 0.2) is 23.1 Å². The van der Waals surface area contributed by atoms with Crippen molar-refractivity contribution in [1.82, 2.24) is 4.72 Å². The Morgan fingerprint density at radius 2 is 1.76 bits per heavy atom. The van der Waals surface area contributed by atoms with E-state index in [9.17, 15) is 21.6 Å². The standard InChI is InChI=1S/C11H13ClF3NO4S/c1-10(5-17,6-18)16-21(19,20)7-2-3-9(12)8(4-7)11(13,14)15/h2-4,16-18H,5-6H2,1H3.